The predicted molar refractivity (Wildman–Crippen MR) is 246 cm³/mol. The summed E-state index contributed by atoms with van der Waals surface area (Å²) in [5.74, 6) is 2.88. The summed E-state index contributed by atoms with van der Waals surface area (Å²) in [6, 6.07) is 49.8. The number of anilines is 2. The Morgan fingerprint density at radius 1 is 0.550 bits per heavy atom. The maximum Gasteiger partial charge on any atom is 0.417 e. The molecule has 0 fully saturated rings. The second-order valence-corrected chi connectivity index (χ2v) is 16.0. The zero-order valence-corrected chi connectivity index (χ0v) is 37.2. The third-order valence-corrected chi connectivity index (χ3v) is 11.9. The third-order valence-electron chi connectivity index (χ3n) is 11.9. The van der Waals surface area contributed by atoms with Gasteiger partial charge in [-0.2, -0.15) is 0 Å². The van der Waals surface area contributed by atoms with E-state index in [0.29, 0.717) is 11.8 Å². The number of rotatable bonds is 6. The van der Waals surface area contributed by atoms with Crippen molar-refractivity contribution in [3.8, 4) is 50.8 Å². The molecule has 0 atom stereocenters. The summed E-state index contributed by atoms with van der Waals surface area (Å²) in [6.07, 6.45) is 7.81. The molecule has 4 heterocycles. The Balaban J connectivity index is 0.000000166. The van der Waals surface area contributed by atoms with Crippen LogP contribution in [0.3, 0.4) is 0 Å². The van der Waals surface area contributed by atoms with Crippen LogP contribution in [0, 0.1) is 6.07 Å². The molecule has 0 amide bonds. The van der Waals surface area contributed by atoms with Crippen LogP contribution in [-0.2, 0) is 20.1 Å². The second-order valence-electron chi connectivity index (χ2n) is 16.0. The Kier molecular flexibility index (Phi) is 11.4. The largest absolute Gasteiger partial charge is 0.507 e. The van der Waals surface area contributed by atoms with Gasteiger partial charge in [-0.05, 0) is 82.4 Å². The zero-order valence-electron chi connectivity index (χ0n) is 34.8. The number of aromatic hydroxyl groups is 1. The molecule has 2 aliphatic rings. The van der Waals surface area contributed by atoms with Crippen LogP contribution >= 0.6 is 0 Å². The van der Waals surface area contributed by atoms with Gasteiger partial charge in [-0.1, -0.05) is 142 Å². The molecule has 2 aliphatic heterocycles. The van der Waals surface area contributed by atoms with Crippen molar-refractivity contribution in [1.82, 2.24) is 18.9 Å². The Bertz CT molecular complexity index is 2680. The first kappa shape index (κ1) is 40.7. The fourth-order valence-electron chi connectivity index (χ4n) is 9.15. The SMILES string of the molecule is CC(C)c1cccc(C(C)C)c1B1N(C)c2cccc(O)c2-c2nccn21.CN1B(c2c(-c3ccccc3)cccc2-c2ccccc2)n2ccnc2-c2[c-]cccc21.[Ir]. The van der Waals surface area contributed by atoms with E-state index >= 15 is 0 Å². The third kappa shape index (κ3) is 6.98. The summed E-state index contributed by atoms with van der Waals surface area (Å²) in [6.45, 7) is 8.97. The zero-order chi connectivity index (χ0) is 40.8. The number of benzene rings is 6. The number of fused-ring (bicyclic) bond motifs is 6. The van der Waals surface area contributed by atoms with E-state index in [-0.39, 0.29) is 39.8 Å². The van der Waals surface area contributed by atoms with Gasteiger partial charge in [-0.25, -0.2) is 4.98 Å². The van der Waals surface area contributed by atoms with Gasteiger partial charge in [0.1, 0.15) is 11.6 Å². The van der Waals surface area contributed by atoms with Crippen LogP contribution in [0.25, 0.3) is 45.0 Å². The van der Waals surface area contributed by atoms with Crippen molar-refractivity contribution in [2.24, 2.45) is 0 Å². The van der Waals surface area contributed by atoms with Gasteiger partial charge in [0.15, 0.2) is 0 Å². The standard InChI is InChI=1S/C28H21BN3.C22H26BN3O.Ir/c1-31-26-18-9-8-15-25(26)28-30-19-20-32(28)29(31)27-23(21-11-4-2-5-12-21)16-10-17-24(27)22-13-6-3-7-14-22;1-14(2)16-8-6-9-17(15(3)4)21(16)23-25(5)18-10-7-11-19(27)20(18)22-24-12-13-26(22)23;/h2-14,16-20H,1H3;6-15,27H,1-5H3;/q-1;;. The molecule has 8 aromatic rings. The minimum atomic E-state index is -0.0394. The molecule has 10 heteroatoms. The molecule has 0 spiro atoms. The second kappa shape index (κ2) is 16.9. The average Bonchev–Trinajstić information content (AvgIpc) is 3.96. The minimum absolute atomic E-state index is 0. The van der Waals surface area contributed by atoms with Crippen LogP contribution < -0.4 is 20.5 Å². The first-order valence-electron chi connectivity index (χ1n) is 20.5. The van der Waals surface area contributed by atoms with Crippen molar-refractivity contribution < 1.29 is 25.2 Å². The summed E-state index contributed by atoms with van der Waals surface area (Å²) in [5.41, 5.74) is 14.2. The van der Waals surface area contributed by atoms with Crippen LogP contribution in [0.4, 0.5) is 11.4 Å². The molecule has 0 unspecified atom stereocenters. The average molecular weight is 962 g/mol. The van der Waals surface area contributed by atoms with E-state index in [2.05, 4.69) is 187 Å². The van der Waals surface area contributed by atoms with E-state index in [1.165, 1.54) is 44.3 Å². The Labute approximate surface area is 368 Å². The maximum absolute atomic E-state index is 10.5. The quantitative estimate of drug-likeness (QED) is 0.133. The minimum Gasteiger partial charge on any atom is -0.507 e. The van der Waals surface area contributed by atoms with Gasteiger partial charge in [0.25, 0.3) is 0 Å². The number of hydrogen-bond donors (Lipinski definition) is 1. The van der Waals surface area contributed by atoms with Gasteiger partial charge in [0.05, 0.1) is 5.56 Å². The Hall–Kier alpha value is -6.08. The summed E-state index contributed by atoms with van der Waals surface area (Å²) in [5, 5.41) is 10.5. The topological polar surface area (TPSA) is 62.4 Å². The van der Waals surface area contributed by atoms with Crippen LogP contribution in [-0.4, -0.2) is 52.1 Å². The summed E-state index contributed by atoms with van der Waals surface area (Å²) in [7, 11) is 4.27. The van der Waals surface area contributed by atoms with Gasteiger partial charge < -0.3 is 23.7 Å². The number of hydrogen-bond acceptors (Lipinski definition) is 5. The normalized spacial score (nSPS) is 12.6. The number of phenols is 1. The van der Waals surface area contributed by atoms with Crippen LogP contribution in [0.2, 0.25) is 0 Å². The van der Waals surface area contributed by atoms with E-state index in [0.717, 1.165) is 34.2 Å². The van der Waals surface area contributed by atoms with Crippen molar-refractivity contribution >= 4 is 36.3 Å². The van der Waals surface area contributed by atoms with E-state index in [4.69, 9.17) is 4.98 Å². The molecule has 0 saturated carbocycles. The molecule has 2 aromatic heterocycles. The van der Waals surface area contributed by atoms with Crippen LogP contribution in [0.1, 0.15) is 50.7 Å². The van der Waals surface area contributed by atoms with Gasteiger partial charge >= 0.3 is 14.0 Å². The Morgan fingerprint density at radius 2 is 1.05 bits per heavy atom. The fraction of sp³-hybridized carbons (Fsp3) is 0.160. The van der Waals surface area contributed by atoms with E-state index in [1.807, 2.05) is 36.8 Å². The first-order chi connectivity index (χ1) is 28.7. The molecule has 10 rings (SSSR count). The van der Waals surface area contributed by atoms with Crippen molar-refractivity contribution in [1.29, 1.82) is 0 Å². The number of imidazole rings is 2. The van der Waals surface area contributed by atoms with Crippen molar-refractivity contribution in [3.63, 3.8) is 0 Å². The summed E-state index contributed by atoms with van der Waals surface area (Å²) in [4.78, 5) is 13.9. The molecule has 1 radical (unpaired) electrons. The molecule has 6 aromatic carbocycles. The van der Waals surface area contributed by atoms with Gasteiger partial charge in [-0.15, -0.1) is 24.3 Å². The number of phenolic OH excluding ortho intramolecular Hbond substituents is 1. The molecule has 0 saturated heterocycles. The van der Waals surface area contributed by atoms with E-state index in [1.54, 1.807) is 6.07 Å². The maximum atomic E-state index is 10.5. The molecular formula is C50H47B2IrN6O-. The predicted octanol–water partition coefficient (Wildman–Crippen LogP) is 9.57. The number of nitrogens with zero attached hydrogens (tertiary/aromatic N) is 6. The van der Waals surface area contributed by atoms with Gasteiger partial charge in [0, 0.05) is 56.4 Å². The fourth-order valence-corrected chi connectivity index (χ4v) is 9.15. The molecular weight excluding hydrogens is 914 g/mol. The summed E-state index contributed by atoms with van der Waals surface area (Å²) >= 11 is 0. The van der Waals surface area contributed by atoms with E-state index < -0.39 is 0 Å². The smallest absolute Gasteiger partial charge is 0.417 e. The van der Waals surface area contributed by atoms with Crippen molar-refractivity contribution in [2.45, 2.75) is 39.5 Å². The molecule has 1 N–H and O–H groups in total. The monoisotopic (exact) mass is 962 g/mol. The van der Waals surface area contributed by atoms with Gasteiger partial charge in [0.2, 0.25) is 0 Å². The molecule has 0 aliphatic carbocycles. The summed E-state index contributed by atoms with van der Waals surface area (Å²) < 4.78 is 4.46. The first-order valence-corrected chi connectivity index (χ1v) is 20.5. The van der Waals surface area contributed by atoms with E-state index in [9.17, 15) is 5.11 Å². The van der Waals surface area contributed by atoms with Crippen LogP contribution in [0.5, 0.6) is 5.75 Å². The van der Waals surface area contributed by atoms with Crippen LogP contribution in [0.15, 0.2) is 158 Å². The molecule has 0 bridgehead atoms. The molecule has 60 heavy (non-hydrogen) atoms. The molecule has 299 valence electrons. The van der Waals surface area contributed by atoms with Gasteiger partial charge in [-0.3, -0.25) is 4.98 Å². The molecule has 7 nitrogen and oxygen atoms in total. The Morgan fingerprint density at radius 3 is 1.65 bits per heavy atom. The number of aromatic nitrogens is 4. The van der Waals surface area contributed by atoms with Crippen molar-refractivity contribution in [3.05, 3.63) is 175 Å². The van der Waals surface area contributed by atoms with Crippen molar-refractivity contribution in [2.75, 3.05) is 23.7 Å².